The minimum absolute atomic E-state index is 0.00158. The molecular formula is C16H16ClF6N5O. The molecule has 0 aromatic carbocycles. The molecule has 0 spiro atoms. The number of hydrogen-bond donors (Lipinski definition) is 1. The zero-order chi connectivity index (χ0) is 21.6. The number of carbonyl (C=O) groups excluding carboxylic acids is 1. The Kier molecular flexibility index (Phi) is 5.58. The van der Waals surface area contributed by atoms with Crippen LogP contribution in [0.1, 0.15) is 52.8 Å². The van der Waals surface area contributed by atoms with Crippen LogP contribution in [0.5, 0.6) is 0 Å². The molecule has 1 fully saturated rings. The van der Waals surface area contributed by atoms with Gasteiger partial charge in [-0.05, 0) is 25.3 Å². The molecular weight excluding hydrogens is 428 g/mol. The Morgan fingerprint density at radius 2 is 1.86 bits per heavy atom. The Balaban J connectivity index is 1.60. The van der Waals surface area contributed by atoms with Crippen molar-refractivity contribution in [2.75, 3.05) is 6.54 Å². The van der Waals surface area contributed by atoms with Gasteiger partial charge in [-0.1, -0.05) is 11.6 Å². The van der Waals surface area contributed by atoms with Gasteiger partial charge in [-0.15, -0.1) is 0 Å². The number of amides is 1. The molecule has 2 aromatic heterocycles. The van der Waals surface area contributed by atoms with Gasteiger partial charge in [0.15, 0.2) is 17.1 Å². The van der Waals surface area contributed by atoms with Crippen LogP contribution in [0.25, 0.3) is 0 Å². The molecule has 1 saturated carbocycles. The van der Waals surface area contributed by atoms with Crippen LogP contribution in [-0.4, -0.2) is 32.0 Å². The molecule has 6 nitrogen and oxygen atoms in total. The van der Waals surface area contributed by atoms with Crippen molar-refractivity contribution in [2.24, 2.45) is 7.05 Å². The molecule has 0 radical (unpaired) electrons. The second-order valence-electron chi connectivity index (χ2n) is 6.69. The number of aromatic nitrogens is 4. The first-order valence-electron chi connectivity index (χ1n) is 8.62. The maximum Gasteiger partial charge on any atom is 0.435 e. The van der Waals surface area contributed by atoms with Gasteiger partial charge in [0.2, 0.25) is 0 Å². The monoisotopic (exact) mass is 443 g/mol. The highest BCUT2D eigenvalue weighted by Crippen LogP contribution is 2.42. The van der Waals surface area contributed by atoms with Gasteiger partial charge in [-0.3, -0.25) is 14.2 Å². The molecule has 0 atom stereocenters. The summed E-state index contributed by atoms with van der Waals surface area (Å²) in [6.45, 7) is 0.115. The number of nitrogens with zero attached hydrogens (tertiary/aromatic N) is 4. The van der Waals surface area contributed by atoms with Gasteiger partial charge in [0.05, 0.1) is 0 Å². The highest BCUT2D eigenvalue weighted by atomic mass is 35.5. The van der Waals surface area contributed by atoms with E-state index in [-0.39, 0.29) is 25.4 Å². The number of hydrogen-bond acceptors (Lipinski definition) is 3. The number of halogens is 7. The molecule has 0 unspecified atom stereocenters. The fourth-order valence-corrected chi connectivity index (χ4v) is 3.28. The van der Waals surface area contributed by atoms with E-state index in [4.69, 9.17) is 11.6 Å². The zero-order valence-electron chi connectivity index (χ0n) is 15.0. The van der Waals surface area contributed by atoms with E-state index < -0.39 is 40.4 Å². The fourth-order valence-electron chi connectivity index (χ4n) is 2.92. The molecule has 2 heterocycles. The van der Waals surface area contributed by atoms with E-state index in [1.165, 1.54) is 4.68 Å². The molecule has 1 N–H and O–H groups in total. The maximum atomic E-state index is 12.9. The molecule has 3 rings (SSSR count). The minimum atomic E-state index is -4.77. The van der Waals surface area contributed by atoms with E-state index in [1.807, 2.05) is 0 Å². The first kappa shape index (κ1) is 21.5. The molecule has 1 amide bonds. The van der Waals surface area contributed by atoms with E-state index in [9.17, 15) is 31.1 Å². The third-order valence-corrected chi connectivity index (χ3v) is 4.76. The molecule has 0 aliphatic heterocycles. The molecule has 2 aromatic rings. The fraction of sp³-hybridized carbons (Fsp3) is 0.562. The number of rotatable bonds is 6. The Morgan fingerprint density at radius 3 is 2.38 bits per heavy atom. The summed E-state index contributed by atoms with van der Waals surface area (Å²) in [6, 6.07) is 1.03. The molecule has 160 valence electrons. The van der Waals surface area contributed by atoms with E-state index in [2.05, 4.69) is 15.5 Å². The van der Waals surface area contributed by atoms with Crippen molar-refractivity contribution < 1.29 is 31.1 Å². The van der Waals surface area contributed by atoms with Crippen molar-refractivity contribution >= 4 is 17.5 Å². The SMILES string of the molecule is Cn1nc(C(=O)NCCCn2nc(C(F)(F)F)cc2C2CC2)c(Cl)c1C(F)(F)F. The summed E-state index contributed by atoms with van der Waals surface area (Å²) in [7, 11) is 1.01. The summed E-state index contributed by atoms with van der Waals surface area (Å²) < 4.78 is 79.1. The number of alkyl halides is 6. The highest BCUT2D eigenvalue weighted by Gasteiger charge is 2.40. The van der Waals surface area contributed by atoms with Gasteiger partial charge in [0.1, 0.15) is 5.02 Å². The van der Waals surface area contributed by atoms with Gasteiger partial charge in [-0.25, -0.2) is 0 Å². The van der Waals surface area contributed by atoms with Crippen molar-refractivity contribution in [3.63, 3.8) is 0 Å². The lowest BCUT2D eigenvalue weighted by atomic mass is 10.2. The average molecular weight is 444 g/mol. The second-order valence-corrected chi connectivity index (χ2v) is 7.07. The number of carbonyl (C=O) groups is 1. The van der Waals surface area contributed by atoms with Crippen LogP contribution in [0.2, 0.25) is 5.02 Å². The van der Waals surface area contributed by atoms with E-state index in [0.717, 1.165) is 26.0 Å². The molecule has 1 aliphatic carbocycles. The lowest BCUT2D eigenvalue weighted by Gasteiger charge is -2.08. The van der Waals surface area contributed by atoms with E-state index in [0.29, 0.717) is 10.4 Å². The second kappa shape index (κ2) is 7.54. The van der Waals surface area contributed by atoms with Crippen molar-refractivity contribution in [1.82, 2.24) is 24.9 Å². The standard InChI is InChI=1S/C16H16ClF6N5O/c1-27-13(16(21,22)23)11(17)12(26-27)14(29)24-5-2-6-28-9(8-3-4-8)7-10(25-28)15(18,19)20/h7-8H,2-6H2,1H3,(H,24,29). The quantitative estimate of drug-likeness (QED) is 0.542. The smallest absolute Gasteiger partial charge is 0.351 e. The van der Waals surface area contributed by atoms with E-state index in [1.54, 1.807) is 0 Å². The topological polar surface area (TPSA) is 64.7 Å². The lowest BCUT2D eigenvalue weighted by molar-refractivity contribution is -0.143. The van der Waals surface area contributed by atoms with Crippen LogP contribution in [0.15, 0.2) is 6.07 Å². The van der Waals surface area contributed by atoms with Crippen LogP contribution < -0.4 is 5.32 Å². The Hall–Kier alpha value is -2.24. The normalized spacial score (nSPS) is 15.0. The maximum absolute atomic E-state index is 12.9. The molecule has 0 saturated heterocycles. The first-order chi connectivity index (χ1) is 13.4. The van der Waals surface area contributed by atoms with Crippen LogP contribution in [-0.2, 0) is 25.9 Å². The van der Waals surface area contributed by atoms with Gasteiger partial charge in [0, 0.05) is 31.7 Å². The number of aryl methyl sites for hydroxylation is 2. The summed E-state index contributed by atoms with van der Waals surface area (Å²) >= 11 is 5.64. The summed E-state index contributed by atoms with van der Waals surface area (Å²) in [4.78, 5) is 12.1. The van der Waals surface area contributed by atoms with Crippen molar-refractivity contribution in [1.29, 1.82) is 0 Å². The van der Waals surface area contributed by atoms with Crippen LogP contribution in [0, 0.1) is 0 Å². The molecule has 13 heteroatoms. The summed E-state index contributed by atoms with van der Waals surface area (Å²) in [5.41, 5.74) is -2.29. The summed E-state index contributed by atoms with van der Waals surface area (Å²) in [6.07, 6.45) is -7.51. The van der Waals surface area contributed by atoms with Crippen LogP contribution in [0.3, 0.4) is 0 Å². The highest BCUT2D eigenvalue weighted by molar-refractivity contribution is 6.34. The summed E-state index contributed by atoms with van der Waals surface area (Å²) in [5, 5.41) is 8.65. The van der Waals surface area contributed by atoms with Crippen LogP contribution >= 0.6 is 11.6 Å². The van der Waals surface area contributed by atoms with E-state index >= 15 is 0 Å². The predicted octanol–water partition coefficient (Wildman–Crippen LogP) is 4.01. The van der Waals surface area contributed by atoms with Crippen LogP contribution in [0.4, 0.5) is 26.3 Å². The zero-order valence-corrected chi connectivity index (χ0v) is 15.8. The predicted molar refractivity (Wildman–Crippen MR) is 89.4 cm³/mol. The summed E-state index contributed by atoms with van der Waals surface area (Å²) in [5.74, 6) is -0.860. The Bertz CT molecular complexity index is 912. The Labute approximate surface area is 165 Å². The average Bonchev–Trinajstić information content (AvgIpc) is 3.25. The van der Waals surface area contributed by atoms with Gasteiger partial charge in [0.25, 0.3) is 5.91 Å². The van der Waals surface area contributed by atoms with Gasteiger partial charge in [-0.2, -0.15) is 36.5 Å². The molecule has 1 aliphatic rings. The van der Waals surface area contributed by atoms with Crippen molar-refractivity contribution in [3.05, 3.63) is 33.9 Å². The number of nitrogens with one attached hydrogen (secondary N) is 1. The van der Waals surface area contributed by atoms with Crippen molar-refractivity contribution in [2.45, 2.75) is 44.1 Å². The third kappa shape index (κ3) is 4.68. The molecule has 29 heavy (non-hydrogen) atoms. The Morgan fingerprint density at radius 1 is 1.21 bits per heavy atom. The first-order valence-corrected chi connectivity index (χ1v) is 9.00. The third-order valence-electron chi connectivity index (χ3n) is 4.40. The largest absolute Gasteiger partial charge is 0.435 e. The minimum Gasteiger partial charge on any atom is -0.351 e. The lowest BCUT2D eigenvalue weighted by Crippen LogP contribution is -2.26. The van der Waals surface area contributed by atoms with Gasteiger partial charge < -0.3 is 5.32 Å². The van der Waals surface area contributed by atoms with Crippen molar-refractivity contribution in [3.8, 4) is 0 Å². The molecule has 0 bridgehead atoms. The van der Waals surface area contributed by atoms with Gasteiger partial charge >= 0.3 is 12.4 Å².